The molecule has 16 heavy (non-hydrogen) atoms. The van der Waals surface area contributed by atoms with Crippen molar-refractivity contribution in [2.24, 2.45) is 0 Å². The van der Waals surface area contributed by atoms with Gasteiger partial charge in [-0.3, -0.25) is 0 Å². The van der Waals surface area contributed by atoms with Crippen molar-refractivity contribution in [2.45, 2.75) is 16.6 Å². The quantitative estimate of drug-likeness (QED) is 0.851. The minimum Gasteiger partial charge on any atom is -0.210 e. The van der Waals surface area contributed by atoms with Crippen molar-refractivity contribution in [1.82, 2.24) is 4.72 Å². The highest BCUT2D eigenvalue weighted by atomic mass is 79.9. The summed E-state index contributed by atoms with van der Waals surface area (Å²) in [5, 5.41) is 0.482. The van der Waals surface area contributed by atoms with Crippen LogP contribution in [-0.4, -0.2) is 19.8 Å². The van der Waals surface area contributed by atoms with Gasteiger partial charge in [0.05, 0.1) is 5.02 Å². The second-order valence-electron chi connectivity index (χ2n) is 3.21. The Hall–Kier alpha value is 0.190. The van der Waals surface area contributed by atoms with Crippen LogP contribution in [0.3, 0.4) is 0 Å². The highest BCUT2D eigenvalue weighted by molar-refractivity contribution is 9.09. The number of halogens is 3. The number of sulfonamides is 1. The molecule has 0 aliphatic heterocycles. The van der Waals surface area contributed by atoms with Crippen LogP contribution in [0.25, 0.3) is 0 Å². The Morgan fingerprint density at radius 3 is 2.62 bits per heavy atom. The van der Waals surface area contributed by atoms with Crippen molar-refractivity contribution in [3.8, 4) is 0 Å². The molecule has 7 heteroatoms. The molecule has 0 spiro atoms. The van der Waals surface area contributed by atoms with E-state index in [-0.39, 0.29) is 21.3 Å². The molecule has 0 saturated carbocycles. The van der Waals surface area contributed by atoms with Gasteiger partial charge in [0, 0.05) is 16.4 Å². The smallest absolute Gasteiger partial charge is 0.210 e. The molecule has 1 unspecified atom stereocenters. The van der Waals surface area contributed by atoms with Gasteiger partial charge in [-0.25, -0.2) is 13.1 Å². The van der Waals surface area contributed by atoms with Gasteiger partial charge in [0.1, 0.15) is 4.90 Å². The van der Waals surface area contributed by atoms with Gasteiger partial charge in [0.15, 0.2) is 0 Å². The van der Waals surface area contributed by atoms with Crippen LogP contribution in [0, 0.1) is 0 Å². The summed E-state index contributed by atoms with van der Waals surface area (Å²) in [6, 6.07) is 4.32. The Morgan fingerprint density at radius 2 is 2.06 bits per heavy atom. The van der Waals surface area contributed by atoms with Crippen LogP contribution in [0.5, 0.6) is 0 Å². The highest BCUT2D eigenvalue weighted by Gasteiger charge is 2.18. The first-order valence-corrected chi connectivity index (χ1v) is 7.57. The molecule has 1 aromatic carbocycles. The maximum atomic E-state index is 11.8. The molecular formula is C9H10BrCl2NO2S. The monoisotopic (exact) mass is 345 g/mol. The molecular weight excluding hydrogens is 337 g/mol. The third kappa shape index (κ3) is 3.89. The Kier molecular flexibility index (Phi) is 5.07. The maximum Gasteiger partial charge on any atom is 0.242 e. The zero-order chi connectivity index (χ0) is 12.3. The van der Waals surface area contributed by atoms with Crippen molar-refractivity contribution >= 4 is 49.2 Å². The molecule has 1 rings (SSSR count). The normalized spacial score (nSPS) is 13.8. The predicted octanol–water partition coefficient (Wildman–Crippen LogP) is 3.06. The Balaban J connectivity index is 3.02. The van der Waals surface area contributed by atoms with Crippen LogP contribution < -0.4 is 4.72 Å². The number of nitrogens with one attached hydrogen (secondary N) is 1. The lowest BCUT2D eigenvalue weighted by molar-refractivity contribution is 0.582. The van der Waals surface area contributed by atoms with Gasteiger partial charge in [-0.2, -0.15) is 0 Å². The van der Waals surface area contributed by atoms with Crippen molar-refractivity contribution < 1.29 is 8.42 Å². The largest absolute Gasteiger partial charge is 0.242 e. The van der Waals surface area contributed by atoms with Crippen LogP contribution >= 0.6 is 39.1 Å². The summed E-state index contributed by atoms with van der Waals surface area (Å²) in [5.74, 6) is 0. The molecule has 1 N–H and O–H groups in total. The average molecular weight is 347 g/mol. The molecule has 1 atom stereocenters. The molecule has 0 heterocycles. The number of alkyl halides is 1. The molecule has 0 aromatic heterocycles. The first kappa shape index (κ1) is 14.3. The third-order valence-electron chi connectivity index (χ3n) is 1.74. The summed E-state index contributed by atoms with van der Waals surface area (Å²) in [6.45, 7) is 2.12. The number of hydrogen-bond donors (Lipinski definition) is 1. The van der Waals surface area contributed by atoms with Crippen LogP contribution in [-0.2, 0) is 10.0 Å². The number of benzene rings is 1. The lowest BCUT2D eigenvalue weighted by Gasteiger charge is -2.09. The summed E-state index contributed by atoms with van der Waals surface area (Å²) < 4.78 is 26.1. The minimum atomic E-state index is -3.60. The average Bonchev–Trinajstić information content (AvgIpc) is 2.19. The van der Waals surface area contributed by atoms with Crippen molar-refractivity contribution in [3.63, 3.8) is 0 Å². The van der Waals surface area contributed by atoms with E-state index in [1.165, 1.54) is 18.2 Å². The van der Waals surface area contributed by atoms with Crippen LogP contribution in [0.2, 0.25) is 10.0 Å². The van der Waals surface area contributed by atoms with E-state index in [9.17, 15) is 8.42 Å². The van der Waals surface area contributed by atoms with E-state index in [4.69, 9.17) is 23.2 Å². The number of hydrogen-bond acceptors (Lipinski definition) is 2. The van der Waals surface area contributed by atoms with Gasteiger partial charge >= 0.3 is 0 Å². The standard InChI is InChI=1S/C9H10BrCl2NO2S/c1-6(10)5-13-16(14,15)9-4-7(11)2-3-8(9)12/h2-4,6,13H,5H2,1H3. The Labute approximate surface area is 113 Å². The van der Waals surface area contributed by atoms with E-state index in [0.717, 1.165) is 0 Å². The molecule has 90 valence electrons. The molecule has 0 amide bonds. The van der Waals surface area contributed by atoms with Gasteiger partial charge in [-0.15, -0.1) is 0 Å². The van der Waals surface area contributed by atoms with Gasteiger partial charge in [-0.05, 0) is 18.2 Å². The fourth-order valence-electron chi connectivity index (χ4n) is 0.985. The second kappa shape index (κ2) is 5.69. The SMILES string of the molecule is CC(Br)CNS(=O)(=O)c1cc(Cl)ccc1Cl. The van der Waals surface area contributed by atoms with Gasteiger partial charge < -0.3 is 0 Å². The fraction of sp³-hybridized carbons (Fsp3) is 0.333. The first-order chi connectivity index (χ1) is 7.33. The molecule has 0 bridgehead atoms. The van der Waals surface area contributed by atoms with E-state index in [1.807, 2.05) is 6.92 Å². The van der Waals surface area contributed by atoms with E-state index >= 15 is 0 Å². The summed E-state index contributed by atoms with van der Waals surface area (Å²) in [5.41, 5.74) is 0. The van der Waals surface area contributed by atoms with Gasteiger partial charge in [0.25, 0.3) is 0 Å². The third-order valence-corrected chi connectivity index (χ3v) is 4.20. The Morgan fingerprint density at radius 1 is 1.44 bits per heavy atom. The van der Waals surface area contributed by atoms with Crippen LogP contribution in [0.15, 0.2) is 23.1 Å². The second-order valence-corrected chi connectivity index (χ2v) is 7.35. The summed E-state index contributed by atoms with van der Waals surface area (Å²) >= 11 is 14.8. The fourth-order valence-corrected chi connectivity index (χ4v) is 3.25. The molecule has 1 aromatic rings. The van der Waals surface area contributed by atoms with Crippen LogP contribution in [0.1, 0.15) is 6.92 Å². The topological polar surface area (TPSA) is 46.2 Å². The van der Waals surface area contributed by atoms with Gasteiger partial charge in [-0.1, -0.05) is 46.1 Å². The van der Waals surface area contributed by atoms with E-state index < -0.39 is 10.0 Å². The van der Waals surface area contributed by atoms with Crippen molar-refractivity contribution in [1.29, 1.82) is 0 Å². The molecule has 3 nitrogen and oxygen atoms in total. The molecule has 0 radical (unpaired) electrons. The first-order valence-electron chi connectivity index (χ1n) is 4.41. The predicted molar refractivity (Wildman–Crippen MR) is 70.0 cm³/mol. The van der Waals surface area contributed by atoms with Crippen molar-refractivity contribution in [2.75, 3.05) is 6.54 Å². The summed E-state index contributed by atoms with van der Waals surface area (Å²) in [6.07, 6.45) is 0. The zero-order valence-electron chi connectivity index (χ0n) is 8.38. The molecule has 0 aliphatic carbocycles. The van der Waals surface area contributed by atoms with Crippen LogP contribution in [0.4, 0.5) is 0 Å². The van der Waals surface area contributed by atoms with E-state index in [0.29, 0.717) is 5.02 Å². The molecule has 0 fully saturated rings. The molecule has 0 saturated heterocycles. The molecule has 0 aliphatic rings. The highest BCUT2D eigenvalue weighted by Crippen LogP contribution is 2.24. The lowest BCUT2D eigenvalue weighted by atomic mass is 10.4. The van der Waals surface area contributed by atoms with E-state index in [1.54, 1.807) is 0 Å². The summed E-state index contributed by atoms with van der Waals surface area (Å²) in [7, 11) is -3.60. The zero-order valence-corrected chi connectivity index (χ0v) is 12.3. The number of rotatable bonds is 4. The summed E-state index contributed by atoms with van der Waals surface area (Å²) in [4.78, 5) is 0.0371. The maximum absolute atomic E-state index is 11.8. The van der Waals surface area contributed by atoms with Gasteiger partial charge in [0.2, 0.25) is 10.0 Å². The van der Waals surface area contributed by atoms with Crippen molar-refractivity contribution in [3.05, 3.63) is 28.2 Å². The lowest BCUT2D eigenvalue weighted by Crippen LogP contribution is -2.28. The Bertz CT molecular complexity index is 476. The van der Waals surface area contributed by atoms with E-state index in [2.05, 4.69) is 20.7 Å². The minimum absolute atomic E-state index is 0.00480.